The summed E-state index contributed by atoms with van der Waals surface area (Å²) in [7, 11) is 0. The Morgan fingerprint density at radius 3 is 0.950 bits per heavy atom. The lowest BCUT2D eigenvalue weighted by atomic mass is 9.84. The van der Waals surface area contributed by atoms with E-state index in [9.17, 15) is 19.8 Å². The summed E-state index contributed by atoms with van der Waals surface area (Å²) >= 11 is 0. The molecule has 2 unspecified atom stereocenters. The van der Waals surface area contributed by atoms with Crippen LogP contribution in [0.1, 0.15) is 181 Å². The third-order valence-electron chi connectivity index (χ3n) is 8.17. The molecule has 2 N–H and O–H groups in total. The molecule has 4 heteroatoms. The lowest BCUT2D eigenvalue weighted by Crippen LogP contribution is -2.30. The van der Waals surface area contributed by atoms with Gasteiger partial charge in [0.05, 0.1) is 11.8 Å². The van der Waals surface area contributed by atoms with Gasteiger partial charge in [-0.15, -0.1) is 0 Å². The molecule has 2 atom stereocenters. The van der Waals surface area contributed by atoms with Crippen LogP contribution in [0.3, 0.4) is 0 Å². The van der Waals surface area contributed by atoms with E-state index in [2.05, 4.69) is 38.2 Å². The van der Waals surface area contributed by atoms with Crippen LogP contribution in [0.4, 0.5) is 0 Å². The molecule has 40 heavy (non-hydrogen) atoms. The molecule has 0 aliphatic heterocycles. The first kappa shape index (κ1) is 38.4. The Balaban J connectivity index is 3.93. The Bertz CT molecular complexity index is 570. The maximum atomic E-state index is 11.9. The summed E-state index contributed by atoms with van der Waals surface area (Å²) in [4.78, 5) is 23.8. The van der Waals surface area contributed by atoms with Gasteiger partial charge >= 0.3 is 11.9 Å². The molecule has 0 aromatic rings. The van der Waals surface area contributed by atoms with Crippen LogP contribution in [-0.4, -0.2) is 22.2 Å². The molecule has 0 heterocycles. The first-order chi connectivity index (χ1) is 19.5. The summed E-state index contributed by atoms with van der Waals surface area (Å²) in [6.07, 6.45) is 38.7. The number of carboxylic acids is 2. The lowest BCUT2D eigenvalue weighted by Gasteiger charge is -2.20. The predicted octanol–water partition coefficient (Wildman–Crippen LogP) is 11.7. The Kier molecular flexibility index (Phi) is 29.2. The van der Waals surface area contributed by atoms with Crippen molar-refractivity contribution in [2.45, 2.75) is 181 Å². The van der Waals surface area contributed by atoms with E-state index in [1.54, 1.807) is 0 Å². The van der Waals surface area contributed by atoms with Gasteiger partial charge in [0, 0.05) is 0 Å². The molecule has 0 aliphatic rings. The Morgan fingerprint density at radius 2 is 0.675 bits per heavy atom. The Labute approximate surface area is 248 Å². The number of allylic oxidation sites excluding steroid dienone is 4. The summed E-state index contributed by atoms with van der Waals surface area (Å²) in [6.45, 7) is 4.50. The van der Waals surface area contributed by atoms with Crippen molar-refractivity contribution < 1.29 is 19.8 Å². The van der Waals surface area contributed by atoms with Gasteiger partial charge in [-0.1, -0.05) is 141 Å². The molecule has 0 rings (SSSR count). The van der Waals surface area contributed by atoms with Gasteiger partial charge in [-0.05, 0) is 64.2 Å². The van der Waals surface area contributed by atoms with E-state index in [1.165, 1.54) is 89.9 Å². The maximum Gasteiger partial charge on any atom is 0.307 e. The fourth-order valence-electron chi connectivity index (χ4n) is 5.51. The highest BCUT2D eigenvalue weighted by Gasteiger charge is 2.32. The van der Waals surface area contributed by atoms with Crippen LogP contribution < -0.4 is 0 Å². The quantitative estimate of drug-likeness (QED) is 0.0651. The average Bonchev–Trinajstić information content (AvgIpc) is 2.93. The lowest BCUT2D eigenvalue weighted by molar-refractivity contribution is -0.154. The van der Waals surface area contributed by atoms with E-state index in [4.69, 9.17) is 0 Å². The second kappa shape index (κ2) is 30.4. The van der Waals surface area contributed by atoms with Crippen LogP contribution in [0.5, 0.6) is 0 Å². The minimum atomic E-state index is -0.944. The summed E-state index contributed by atoms with van der Waals surface area (Å²) in [5, 5.41) is 19.5. The van der Waals surface area contributed by atoms with Gasteiger partial charge < -0.3 is 10.2 Å². The number of carboxylic acid groups (broad SMARTS) is 2. The summed E-state index contributed by atoms with van der Waals surface area (Å²) in [5.74, 6) is -3.42. The van der Waals surface area contributed by atoms with E-state index >= 15 is 0 Å². The summed E-state index contributed by atoms with van der Waals surface area (Å²) < 4.78 is 0. The van der Waals surface area contributed by atoms with Crippen LogP contribution in [-0.2, 0) is 9.59 Å². The fourth-order valence-corrected chi connectivity index (χ4v) is 5.51. The average molecular weight is 563 g/mol. The molecule has 0 amide bonds. The van der Waals surface area contributed by atoms with E-state index in [0.717, 1.165) is 64.2 Å². The van der Waals surface area contributed by atoms with E-state index in [1.807, 2.05) is 0 Å². The number of hydrogen-bond donors (Lipinski definition) is 2. The van der Waals surface area contributed by atoms with E-state index in [0.29, 0.717) is 12.8 Å². The largest absolute Gasteiger partial charge is 0.481 e. The van der Waals surface area contributed by atoms with E-state index in [-0.39, 0.29) is 0 Å². The molecule has 0 aliphatic carbocycles. The molecule has 0 fully saturated rings. The molecule has 234 valence electrons. The molecule has 0 bridgehead atoms. The van der Waals surface area contributed by atoms with Gasteiger partial charge in [0.25, 0.3) is 0 Å². The predicted molar refractivity (Wildman–Crippen MR) is 172 cm³/mol. The first-order valence-electron chi connectivity index (χ1n) is 17.3. The number of unbranched alkanes of at least 4 members (excludes halogenated alkanes) is 20. The SMILES string of the molecule is CCCCCCCC/C=C\CCCCCCC(C(=O)O)C(CCCCCC/C=C\CCCCCCCC)C(=O)O. The second-order valence-corrected chi connectivity index (χ2v) is 11.9. The Morgan fingerprint density at radius 1 is 0.425 bits per heavy atom. The Hall–Kier alpha value is -1.58. The topological polar surface area (TPSA) is 74.6 Å². The van der Waals surface area contributed by atoms with Gasteiger partial charge in [-0.3, -0.25) is 9.59 Å². The smallest absolute Gasteiger partial charge is 0.307 e. The standard InChI is InChI=1S/C36H66O4/c1-3-5-7-9-11-13-15-17-19-21-23-25-27-29-31-33(35(37)38)34(36(39)40)32-30-28-26-24-22-20-18-16-14-12-10-8-6-4-2/h17-20,33-34H,3-16,21-32H2,1-2H3,(H,37,38)(H,39,40)/b19-17-,20-18-. The zero-order valence-corrected chi connectivity index (χ0v) is 26.6. The van der Waals surface area contributed by atoms with Gasteiger partial charge in [-0.25, -0.2) is 0 Å². The summed E-state index contributed by atoms with van der Waals surface area (Å²) in [6, 6.07) is 0. The van der Waals surface area contributed by atoms with Crippen molar-refractivity contribution in [2.24, 2.45) is 11.8 Å². The summed E-state index contributed by atoms with van der Waals surface area (Å²) in [5.41, 5.74) is 0. The maximum absolute atomic E-state index is 11.9. The van der Waals surface area contributed by atoms with Crippen LogP contribution in [0.25, 0.3) is 0 Å². The highest BCUT2D eigenvalue weighted by Crippen LogP contribution is 2.26. The van der Waals surface area contributed by atoms with Crippen molar-refractivity contribution in [3.05, 3.63) is 24.3 Å². The van der Waals surface area contributed by atoms with Gasteiger partial charge in [0.15, 0.2) is 0 Å². The third-order valence-corrected chi connectivity index (χ3v) is 8.17. The van der Waals surface area contributed by atoms with Crippen LogP contribution in [0.2, 0.25) is 0 Å². The molecule has 0 saturated heterocycles. The fraction of sp³-hybridized carbons (Fsp3) is 0.833. The molecule has 0 aromatic heterocycles. The molecular weight excluding hydrogens is 496 g/mol. The number of hydrogen-bond acceptors (Lipinski definition) is 2. The molecule has 0 saturated carbocycles. The van der Waals surface area contributed by atoms with Gasteiger partial charge in [0.1, 0.15) is 0 Å². The highest BCUT2D eigenvalue weighted by molar-refractivity contribution is 5.79. The third kappa shape index (κ3) is 25.4. The minimum absolute atomic E-state index is 0.476. The molecule has 4 nitrogen and oxygen atoms in total. The number of rotatable bonds is 31. The van der Waals surface area contributed by atoms with Crippen LogP contribution >= 0.6 is 0 Å². The molecular formula is C36H66O4. The molecule has 0 spiro atoms. The normalized spacial score (nSPS) is 13.3. The van der Waals surface area contributed by atoms with Crippen LogP contribution in [0, 0.1) is 11.8 Å². The zero-order chi connectivity index (χ0) is 29.5. The second-order valence-electron chi connectivity index (χ2n) is 11.9. The molecule has 0 aromatic carbocycles. The van der Waals surface area contributed by atoms with Crippen molar-refractivity contribution >= 4 is 11.9 Å². The van der Waals surface area contributed by atoms with E-state index < -0.39 is 23.8 Å². The van der Waals surface area contributed by atoms with Crippen molar-refractivity contribution in [1.82, 2.24) is 0 Å². The monoisotopic (exact) mass is 562 g/mol. The van der Waals surface area contributed by atoms with Crippen LogP contribution in [0.15, 0.2) is 24.3 Å². The first-order valence-corrected chi connectivity index (χ1v) is 17.3. The van der Waals surface area contributed by atoms with Crippen molar-refractivity contribution in [1.29, 1.82) is 0 Å². The van der Waals surface area contributed by atoms with Crippen molar-refractivity contribution in [2.75, 3.05) is 0 Å². The van der Waals surface area contributed by atoms with Gasteiger partial charge in [0.2, 0.25) is 0 Å². The number of aliphatic carboxylic acids is 2. The number of carbonyl (C=O) groups is 2. The zero-order valence-electron chi connectivity index (χ0n) is 26.6. The minimum Gasteiger partial charge on any atom is -0.481 e. The van der Waals surface area contributed by atoms with Gasteiger partial charge in [-0.2, -0.15) is 0 Å². The molecule has 0 radical (unpaired) electrons. The highest BCUT2D eigenvalue weighted by atomic mass is 16.4. The van der Waals surface area contributed by atoms with Crippen molar-refractivity contribution in [3.8, 4) is 0 Å². The van der Waals surface area contributed by atoms with Crippen molar-refractivity contribution in [3.63, 3.8) is 0 Å².